The van der Waals surface area contributed by atoms with Gasteiger partial charge in [0.15, 0.2) is 0 Å². The number of imide groups is 1. The summed E-state index contributed by atoms with van der Waals surface area (Å²) in [5.41, 5.74) is 2.28. The summed E-state index contributed by atoms with van der Waals surface area (Å²) < 4.78 is 27.2. The van der Waals surface area contributed by atoms with Crippen molar-refractivity contribution in [3.05, 3.63) is 106 Å². The molecule has 0 unspecified atom stereocenters. The van der Waals surface area contributed by atoms with Crippen LogP contribution in [0, 0.1) is 11.6 Å². The predicted molar refractivity (Wildman–Crippen MR) is 139 cm³/mol. The minimum Gasteiger partial charge on any atom is -0.368 e. The molecule has 2 aliphatic rings. The zero-order valence-corrected chi connectivity index (χ0v) is 20.6. The Morgan fingerprint density at radius 3 is 2.38 bits per heavy atom. The van der Waals surface area contributed by atoms with Crippen molar-refractivity contribution in [3.8, 4) is 0 Å². The van der Waals surface area contributed by atoms with Crippen LogP contribution in [0.1, 0.15) is 21.5 Å². The highest BCUT2D eigenvalue weighted by molar-refractivity contribution is 8.18. The summed E-state index contributed by atoms with van der Waals surface area (Å²) in [5, 5.41) is -0.538. The number of amides is 3. The number of hydrogen-bond acceptors (Lipinski definition) is 5. The number of para-hydroxylation sites is 1. The highest BCUT2D eigenvalue weighted by Gasteiger charge is 2.35. The Balaban J connectivity index is 1.26. The van der Waals surface area contributed by atoms with Crippen LogP contribution in [0.25, 0.3) is 6.08 Å². The van der Waals surface area contributed by atoms with E-state index in [4.69, 9.17) is 0 Å². The lowest BCUT2D eigenvalue weighted by molar-refractivity contribution is -0.123. The average molecular weight is 520 g/mol. The lowest BCUT2D eigenvalue weighted by Gasteiger charge is -2.36. The van der Waals surface area contributed by atoms with Crippen LogP contribution in [0.2, 0.25) is 0 Å². The first-order valence-electron chi connectivity index (χ1n) is 11.8. The summed E-state index contributed by atoms with van der Waals surface area (Å²) in [6, 6.07) is 20.0. The van der Waals surface area contributed by atoms with Gasteiger partial charge in [-0.25, -0.2) is 8.78 Å². The van der Waals surface area contributed by atoms with Gasteiger partial charge in [-0.15, -0.1) is 0 Å². The molecule has 0 saturated carbocycles. The lowest BCUT2D eigenvalue weighted by Crippen LogP contribution is -2.48. The largest absolute Gasteiger partial charge is 0.368 e. The van der Waals surface area contributed by atoms with Crippen LogP contribution in [0.3, 0.4) is 0 Å². The first-order chi connectivity index (χ1) is 17.9. The van der Waals surface area contributed by atoms with Gasteiger partial charge in [0, 0.05) is 49.1 Å². The Bertz CT molecular complexity index is 1390. The first kappa shape index (κ1) is 24.7. The summed E-state index contributed by atoms with van der Waals surface area (Å²) in [6.45, 7) is 2.36. The number of halogens is 2. The van der Waals surface area contributed by atoms with Gasteiger partial charge >= 0.3 is 0 Å². The molecule has 3 aromatic rings. The van der Waals surface area contributed by atoms with E-state index in [9.17, 15) is 23.2 Å². The fourth-order valence-corrected chi connectivity index (χ4v) is 5.20. The molecule has 0 aliphatic carbocycles. The molecule has 0 bridgehead atoms. The van der Waals surface area contributed by atoms with Crippen molar-refractivity contribution in [1.82, 2.24) is 9.80 Å². The molecule has 0 N–H and O–H groups in total. The van der Waals surface area contributed by atoms with Crippen LogP contribution in [-0.4, -0.2) is 53.0 Å². The van der Waals surface area contributed by atoms with Crippen LogP contribution in [0.4, 0.5) is 19.3 Å². The fraction of sp³-hybridized carbons (Fsp3) is 0.179. The number of nitrogens with zero attached hydrogens (tertiary/aromatic N) is 3. The molecule has 9 heteroatoms. The van der Waals surface area contributed by atoms with Crippen LogP contribution >= 0.6 is 11.8 Å². The third-order valence-corrected chi connectivity index (χ3v) is 7.24. The molecule has 37 heavy (non-hydrogen) atoms. The lowest BCUT2D eigenvalue weighted by atomic mass is 10.1. The standard InChI is InChI=1S/C28H23F2N3O3S/c29-22-10-9-21(24(30)17-22)18-33-27(35)25(37-28(33)36)16-19-5-4-6-20(15-19)26(34)32-13-11-31(12-14-32)23-7-2-1-3-8-23/h1-10,15-17H,11-14,18H2/b25-16-. The third kappa shape index (κ3) is 5.41. The quantitative estimate of drug-likeness (QED) is 0.436. The minimum atomic E-state index is -0.821. The predicted octanol–water partition coefficient (Wildman–Crippen LogP) is 5.16. The molecule has 2 heterocycles. The van der Waals surface area contributed by atoms with E-state index in [1.165, 1.54) is 6.07 Å². The van der Waals surface area contributed by atoms with Crippen molar-refractivity contribution in [2.24, 2.45) is 0 Å². The maximum absolute atomic E-state index is 14.0. The zero-order chi connectivity index (χ0) is 25.9. The second-order valence-electron chi connectivity index (χ2n) is 8.74. The molecule has 3 amide bonds. The Morgan fingerprint density at radius 2 is 1.65 bits per heavy atom. The number of carbonyl (C=O) groups is 3. The number of anilines is 1. The molecule has 5 rings (SSSR count). The van der Waals surface area contributed by atoms with Gasteiger partial charge in [-0.1, -0.05) is 36.4 Å². The van der Waals surface area contributed by atoms with E-state index >= 15 is 0 Å². The molecule has 3 aromatic carbocycles. The maximum Gasteiger partial charge on any atom is 0.293 e. The third-order valence-electron chi connectivity index (χ3n) is 6.34. The molecular formula is C28H23F2N3O3S. The SMILES string of the molecule is O=C(c1cccc(/C=C2\SC(=O)N(Cc3ccc(F)cc3F)C2=O)c1)N1CCN(c2ccccc2)CC1. The van der Waals surface area contributed by atoms with Gasteiger partial charge in [0.2, 0.25) is 0 Å². The van der Waals surface area contributed by atoms with Crippen LogP contribution < -0.4 is 4.90 Å². The van der Waals surface area contributed by atoms with Gasteiger partial charge in [-0.3, -0.25) is 19.3 Å². The van der Waals surface area contributed by atoms with E-state index in [1.54, 1.807) is 30.3 Å². The maximum atomic E-state index is 14.0. The highest BCUT2D eigenvalue weighted by atomic mass is 32.2. The van der Waals surface area contributed by atoms with Crippen molar-refractivity contribution >= 4 is 40.6 Å². The topological polar surface area (TPSA) is 60.9 Å². The van der Waals surface area contributed by atoms with E-state index in [0.717, 1.165) is 41.5 Å². The molecule has 2 saturated heterocycles. The Hall–Kier alpha value is -3.98. The number of hydrogen-bond donors (Lipinski definition) is 0. The van der Waals surface area contributed by atoms with Gasteiger partial charge in [0.05, 0.1) is 11.4 Å². The fourth-order valence-electron chi connectivity index (χ4n) is 4.36. The number of piperazine rings is 1. The number of thioether (sulfide) groups is 1. The zero-order valence-electron chi connectivity index (χ0n) is 19.8. The van der Waals surface area contributed by atoms with Crippen molar-refractivity contribution in [3.63, 3.8) is 0 Å². The van der Waals surface area contributed by atoms with Crippen molar-refractivity contribution in [1.29, 1.82) is 0 Å². The Labute approximate surface area is 217 Å². The van der Waals surface area contributed by atoms with Crippen molar-refractivity contribution < 1.29 is 23.2 Å². The van der Waals surface area contributed by atoms with Crippen molar-refractivity contribution in [2.75, 3.05) is 31.1 Å². The molecule has 6 nitrogen and oxygen atoms in total. The van der Waals surface area contributed by atoms with Gasteiger partial charge in [-0.05, 0) is 53.7 Å². The summed E-state index contributed by atoms with van der Waals surface area (Å²) in [7, 11) is 0. The Morgan fingerprint density at radius 1 is 0.892 bits per heavy atom. The molecule has 0 aromatic heterocycles. The monoisotopic (exact) mass is 519 g/mol. The molecule has 188 valence electrons. The number of carbonyl (C=O) groups excluding carboxylic acids is 3. The van der Waals surface area contributed by atoms with Gasteiger partial charge in [0.25, 0.3) is 17.1 Å². The van der Waals surface area contributed by atoms with E-state index in [0.29, 0.717) is 30.3 Å². The second-order valence-corrected chi connectivity index (χ2v) is 9.74. The van der Waals surface area contributed by atoms with E-state index in [1.807, 2.05) is 23.1 Å². The number of rotatable bonds is 5. The molecule has 0 atom stereocenters. The highest BCUT2D eigenvalue weighted by Crippen LogP contribution is 2.33. The van der Waals surface area contributed by atoms with E-state index in [2.05, 4.69) is 17.0 Å². The molecule has 2 fully saturated rings. The molecular weight excluding hydrogens is 496 g/mol. The van der Waals surface area contributed by atoms with E-state index in [-0.39, 0.29) is 22.9 Å². The molecule has 0 spiro atoms. The first-order valence-corrected chi connectivity index (χ1v) is 12.6. The van der Waals surface area contributed by atoms with Gasteiger partial charge in [0.1, 0.15) is 11.6 Å². The van der Waals surface area contributed by atoms with Crippen LogP contribution in [0.15, 0.2) is 77.7 Å². The summed E-state index contributed by atoms with van der Waals surface area (Å²) in [6.07, 6.45) is 1.55. The second kappa shape index (κ2) is 10.6. The smallest absolute Gasteiger partial charge is 0.293 e. The van der Waals surface area contributed by atoms with E-state index < -0.39 is 22.8 Å². The summed E-state index contributed by atoms with van der Waals surface area (Å²) in [5.74, 6) is -2.21. The van der Waals surface area contributed by atoms with Crippen LogP contribution in [-0.2, 0) is 11.3 Å². The summed E-state index contributed by atoms with van der Waals surface area (Å²) in [4.78, 5) is 43.6. The number of benzene rings is 3. The average Bonchev–Trinajstić information content (AvgIpc) is 3.17. The van der Waals surface area contributed by atoms with Gasteiger partial charge in [-0.2, -0.15) is 0 Å². The molecule has 2 aliphatic heterocycles. The van der Waals surface area contributed by atoms with Gasteiger partial charge < -0.3 is 9.80 Å². The Kier molecular flexibility index (Phi) is 7.05. The molecule has 0 radical (unpaired) electrons. The van der Waals surface area contributed by atoms with Crippen LogP contribution in [0.5, 0.6) is 0 Å². The van der Waals surface area contributed by atoms with Crippen molar-refractivity contribution in [2.45, 2.75) is 6.54 Å². The normalized spacial score (nSPS) is 17.1. The minimum absolute atomic E-state index is 0.0462. The summed E-state index contributed by atoms with van der Waals surface area (Å²) >= 11 is 0.746.